The summed E-state index contributed by atoms with van der Waals surface area (Å²) >= 11 is 0. The SMILES string of the molecule is Cc1ccc2nc(-c3ccccc3F)cc(C(=O)NCCc3ccccc3)c2c1. The molecular formula is C25H21FN2O. The van der Waals surface area contributed by atoms with Crippen LogP contribution in [-0.4, -0.2) is 17.4 Å². The van der Waals surface area contributed by atoms with Crippen molar-refractivity contribution in [2.75, 3.05) is 6.54 Å². The number of hydrogen-bond acceptors (Lipinski definition) is 2. The Bertz CT molecular complexity index is 1170. The van der Waals surface area contributed by atoms with Crippen molar-refractivity contribution in [3.8, 4) is 11.3 Å². The van der Waals surface area contributed by atoms with Gasteiger partial charge in [-0.2, -0.15) is 0 Å². The lowest BCUT2D eigenvalue weighted by molar-refractivity contribution is 0.0955. The summed E-state index contributed by atoms with van der Waals surface area (Å²) in [6.07, 6.45) is 0.745. The fraction of sp³-hybridized carbons (Fsp3) is 0.120. The van der Waals surface area contributed by atoms with Crippen LogP contribution < -0.4 is 5.32 Å². The van der Waals surface area contributed by atoms with Crippen LogP contribution >= 0.6 is 0 Å². The largest absolute Gasteiger partial charge is 0.352 e. The van der Waals surface area contributed by atoms with Gasteiger partial charge in [0.25, 0.3) is 5.91 Å². The maximum absolute atomic E-state index is 14.3. The molecule has 0 radical (unpaired) electrons. The van der Waals surface area contributed by atoms with Gasteiger partial charge in [0.1, 0.15) is 5.82 Å². The van der Waals surface area contributed by atoms with E-state index in [0.29, 0.717) is 28.9 Å². The lowest BCUT2D eigenvalue weighted by Gasteiger charge is -2.12. The molecule has 4 aromatic rings. The molecule has 3 nitrogen and oxygen atoms in total. The van der Waals surface area contributed by atoms with Gasteiger partial charge in [-0.3, -0.25) is 4.79 Å². The molecule has 144 valence electrons. The first-order valence-electron chi connectivity index (χ1n) is 9.60. The fourth-order valence-electron chi connectivity index (χ4n) is 3.39. The first-order valence-corrected chi connectivity index (χ1v) is 9.60. The molecule has 0 saturated heterocycles. The van der Waals surface area contributed by atoms with Crippen LogP contribution in [0.1, 0.15) is 21.5 Å². The highest BCUT2D eigenvalue weighted by Gasteiger charge is 2.15. The average molecular weight is 384 g/mol. The van der Waals surface area contributed by atoms with E-state index in [4.69, 9.17) is 0 Å². The zero-order valence-electron chi connectivity index (χ0n) is 16.2. The van der Waals surface area contributed by atoms with Gasteiger partial charge in [-0.1, -0.05) is 54.1 Å². The Labute approximate surface area is 169 Å². The summed E-state index contributed by atoms with van der Waals surface area (Å²) in [6.45, 7) is 2.49. The highest BCUT2D eigenvalue weighted by molar-refractivity contribution is 6.07. The first kappa shape index (κ1) is 18.8. The minimum atomic E-state index is -0.359. The van der Waals surface area contributed by atoms with Gasteiger partial charge in [0, 0.05) is 17.5 Å². The number of aryl methyl sites for hydroxylation is 1. The molecule has 1 N–H and O–H groups in total. The van der Waals surface area contributed by atoms with Crippen LogP contribution in [0.4, 0.5) is 4.39 Å². The summed E-state index contributed by atoms with van der Waals surface area (Å²) in [5.74, 6) is -0.543. The summed E-state index contributed by atoms with van der Waals surface area (Å²) in [6, 6.07) is 23.9. The summed E-state index contributed by atoms with van der Waals surface area (Å²) in [7, 11) is 0. The van der Waals surface area contributed by atoms with Gasteiger partial charge >= 0.3 is 0 Å². The number of aromatic nitrogens is 1. The summed E-state index contributed by atoms with van der Waals surface area (Å²) < 4.78 is 14.3. The minimum absolute atomic E-state index is 0.184. The van der Waals surface area contributed by atoms with Gasteiger partial charge in [0.2, 0.25) is 0 Å². The molecule has 0 aliphatic rings. The molecule has 3 aromatic carbocycles. The van der Waals surface area contributed by atoms with E-state index in [0.717, 1.165) is 22.9 Å². The molecule has 4 rings (SSSR count). The number of amides is 1. The van der Waals surface area contributed by atoms with Crippen molar-refractivity contribution in [3.05, 3.63) is 101 Å². The molecule has 0 aliphatic heterocycles. The van der Waals surface area contributed by atoms with Crippen LogP contribution in [0, 0.1) is 12.7 Å². The maximum Gasteiger partial charge on any atom is 0.252 e. The average Bonchev–Trinajstić information content (AvgIpc) is 2.74. The second kappa shape index (κ2) is 8.23. The third-order valence-electron chi connectivity index (χ3n) is 4.90. The predicted octanol–water partition coefficient (Wildman–Crippen LogP) is 5.32. The first-order chi connectivity index (χ1) is 14.1. The van der Waals surface area contributed by atoms with E-state index in [2.05, 4.69) is 10.3 Å². The van der Waals surface area contributed by atoms with Gasteiger partial charge in [-0.15, -0.1) is 0 Å². The molecule has 1 amide bonds. The van der Waals surface area contributed by atoms with Crippen LogP contribution in [0.5, 0.6) is 0 Å². The number of halogens is 1. The number of hydrogen-bond donors (Lipinski definition) is 1. The van der Waals surface area contributed by atoms with Gasteiger partial charge in [-0.05, 0) is 49.2 Å². The Balaban J connectivity index is 1.68. The molecule has 0 aliphatic carbocycles. The topological polar surface area (TPSA) is 42.0 Å². The zero-order chi connectivity index (χ0) is 20.2. The lowest BCUT2D eigenvalue weighted by Crippen LogP contribution is -2.26. The molecule has 29 heavy (non-hydrogen) atoms. The number of nitrogens with one attached hydrogen (secondary N) is 1. The third kappa shape index (κ3) is 4.16. The quantitative estimate of drug-likeness (QED) is 0.506. The van der Waals surface area contributed by atoms with Crippen molar-refractivity contribution < 1.29 is 9.18 Å². The molecule has 0 fully saturated rings. The summed E-state index contributed by atoms with van der Waals surface area (Å²) in [5.41, 5.74) is 4.21. The van der Waals surface area contributed by atoms with Crippen LogP contribution in [0.15, 0.2) is 78.9 Å². The highest BCUT2D eigenvalue weighted by Crippen LogP contribution is 2.27. The Morgan fingerprint density at radius 3 is 2.52 bits per heavy atom. The molecule has 4 heteroatoms. The summed E-state index contributed by atoms with van der Waals surface area (Å²) in [4.78, 5) is 17.6. The fourth-order valence-corrected chi connectivity index (χ4v) is 3.39. The zero-order valence-corrected chi connectivity index (χ0v) is 16.2. The van der Waals surface area contributed by atoms with Gasteiger partial charge in [-0.25, -0.2) is 9.37 Å². The van der Waals surface area contributed by atoms with Gasteiger partial charge in [0.15, 0.2) is 0 Å². The van der Waals surface area contributed by atoms with Crippen molar-refractivity contribution in [2.45, 2.75) is 13.3 Å². The molecule has 0 atom stereocenters. The molecular weight excluding hydrogens is 363 g/mol. The molecule has 1 aromatic heterocycles. The Morgan fingerprint density at radius 1 is 0.966 bits per heavy atom. The van der Waals surface area contributed by atoms with E-state index < -0.39 is 0 Å². The second-order valence-electron chi connectivity index (χ2n) is 7.05. The van der Waals surface area contributed by atoms with Crippen molar-refractivity contribution in [3.63, 3.8) is 0 Å². The van der Waals surface area contributed by atoms with Crippen molar-refractivity contribution in [1.82, 2.24) is 10.3 Å². The Kier molecular flexibility index (Phi) is 5.34. The summed E-state index contributed by atoms with van der Waals surface area (Å²) in [5, 5.41) is 3.76. The lowest BCUT2D eigenvalue weighted by atomic mass is 10.0. The normalized spacial score (nSPS) is 10.8. The standard InChI is InChI=1S/C25H21FN2O/c1-17-11-12-23-20(15-17)21(16-24(28-23)19-9-5-6-10-22(19)26)25(29)27-14-13-18-7-3-2-4-8-18/h2-12,15-16H,13-14H2,1H3,(H,27,29). The van der Waals surface area contributed by atoms with E-state index in [1.165, 1.54) is 6.07 Å². The van der Waals surface area contributed by atoms with E-state index in [1.807, 2.05) is 55.5 Å². The number of pyridine rings is 1. The molecule has 0 spiro atoms. The van der Waals surface area contributed by atoms with Gasteiger partial charge in [0.05, 0.1) is 16.8 Å². The van der Waals surface area contributed by atoms with Crippen molar-refractivity contribution >= 4 is 16.8 Å². The van der Waals surface area contributed by atoms with Crippen LogP contribution in [-0.2, 0) is 6.42 Å². The van der Waals surface area contributed by atoms with Crippen LogP contribution in [0.2, 0.25) is 0 Å². The minimum Gasteiger partial charge on any atom is -0.352 e. The van der Waals surface area contributed by atoms with Crippen LogP contribution in [0.3, 0.4) is 0 Å². The smallest absolute Gasteiger partial charge is 0.252 e. The maximum atomic E-state index is 14.3. The molecule has 0 bridgehead atoms. The molecule has 0 unspecified atom stereocenters. The van der Waals surface area contributed by atoms with Gasteiger partial charge < -0.3 is 5.32 Å². The molecule has 0 saturated carbocycles. The monoisotopic (exact) mass is 384 g/mol. The Hall–Kier alpha value is -3.53. The number of benzene rings is 3. The van der Waals surface area contributed by atoms with Crippen molar-refractivity contribution in [2.24, 2.45) is 0 Å². The van der Waals surface area contributed by atoms with Crippen LogP contribution in [0.25, 0.3) is 22.2 Å². The second-order valence-corrected chi connectivity index (χ2v) is 7.05. The number of rotatable bonds is 5. The van der Waals surface area contributed by atoms with Crippen molar-refractivity contribution in [1.29, 1.82) is 0 Å². The van der Waals surface area contributed by atoms with E-state index in [9.17, 15) is 9.18 Å². The molecule has 1 heterocycles. The highest BCUT2D eigenvalue weighted by atomic mass is 19.1. The Morgan fingerprint density at radius 2 is 1.72 bits per heavy atom. The van der Waals surface area contributed by atoms with E-state index in [-0.39, 0.29) is 11.7 Å². The number of nitrogens with zero attached hydrogens (tertiary/aromatic N) is 1. The number of carbonyl (C=O) groups excluding carboxylic acids is 1. The predicted molar refractivity (Wildman–Crippen MR) is 114 cm³/mol. The third-order valence-corrected chi connectivity index (χ3v) is 4.90. The van der Waals surface area contributed by atoms with E-state index >= 15 is 0 Å². The van der Waals surface area contributed by atoms with E-state index in [1.54, 1.807) is 24.3 Å². The number of fused-ring (bicyclic) bond motifs is 1. The number of carbonyl (C=O) groups is 1.